The van der Waals surface area contributed by atoms with Crippen molar-refractivity contribution >= 4 is 37.5 Å². The van der Waals surface area contributed by atoms with Crippen LogP contribution in [0.15, 0.2) is 51.8 Å². The van der Waals surface area contributed by atoms with Crippen LogP contribution < -0.4 is 14.8 Å². The predicted molar refractivity (Wildman–Crippen MR) is 100 cm³/mol. The van der Waals surface area contributed by atoms with Crippen molar-refractivity contribution in [1.29, 1.82) is 0 Å². The lowest BCUT2D eigenvalue weighted by Crippen LogP contribution is -2.41. The number of nitrogens with one attached hydrogen (secondary N) is 2. The molecular formula is C17H19BrN2O4S. The van der Waals surface area contributed by atoms with Crippen molar-refractivity contribution in [3.05, 3.63) is 52.5 Å². The van der Waals surface area contributed by atoms with Gasteiger partial charge in [0.25, 0.3) is 0 Å². The van der Waals surface area contributed by atoms with E-state index in [9.17, 15) is 13.2 Å². The zero-order chi connectivity index (χ0) is 18.6. The van der Waals surface area contributed by atoms with Crippen LogP contribution >= 0.6 is 15.9 Å². The van der Waals surface area contributed by atoms with Crippen molar-refractivity contribution in [1.82, 2.24) is 4.72 Å². The third-order valence-electron chi connectivity index (χ3n) is 3.43. The zero-order valence-corrected chi connectivity index (χ0v) is 16.4. The number of sulfonamides is 1. The van der Waals surface area contributed by atoms with Crippen molar-refractivity contribution in [2.75, 3.05) is 12.4 Å². The summed E-state index contributed by atoms with van der Waals surface area (Å²) in [5.41, 5.74) is 1.34. The quantitative estimate of drug-likeness (QED) is 0.742. The van der Waals surface area contributed by atoms with Gasteiger partial charge in [-0.1, -0.05) is 28.1 Å². The van der Waals surface area contributed by atoms with E-state index in [0.29, 0.717) is 5.69 Å². The first-order valence-corrected chi connectivity index (χ1v) is 9.74. The van der Waals surface area contributed by atoms with Gasteiger partial charge in [0.15, 0.2) is 0 Å². The molecule has 0 aliphatic carbocycles. The molecule has 0 unspecified atom stereocenters. The molecule has 1 atom stereocenters. The number of carbonyl (C=O) groups is 1. The van der Waals surface area contributed by atoms with E-state index in [0.717, 1.165) is 10.0 Å². The summed E-state index contributed by atoms with van der Waals surface area (Å²) in [5.74, 6) is -0.244. The number of hydrogen-bond donors (Lipinski definition) is 2. The number of hydrogen-bond acceptors (Lipinski definition) is 4. The molecule has 25 heavy (non-hydrogen) atoms. The molecule has 2 N–H and O–H groups in total. The molecule has 0 heterocycles. The Labute approximate surface area is 155 Å². The standard InChI is InChI=1S/C17H19BrN2O4S/c1-11-7-8-15(24-3)16(9-11)25(22,23)20-12(2)17(21)19-14-6-4-5-13(18)10-14/h4-10,12,20H,1-3H3,(H,19,21)/t12-/m1/s1. The normalized spacial score (nSPS) is 12.5. The average Bonchev–Trinajstić information content (AvgIpc) is 2.54. The Morgan fingerprint density at radius 1 is 1.20 bits per heavy atom. The van der Waals surface area contributed by atoms with E-state index in [4.69, 9.17) is 4.74 Å². The molecule has 0 fully saturated rings. The largest absolute Gasteiger partial charge is 0.495 e. The molecule has 6 nitrogen and oxygen atoms in total. The Bertz CT molecular complexity index is 884. The van der Waals surface area contributed by atoms with Crippen LogP contribution in [0.25, 0.3) is 0 Å². The fourth-order valence-electron chi connectivity index (χ4n) is 2.16. The second kappa shape index (κ2) is 7.99. The summed E-state index contributed by atoms with van der Waals surface area (Å²) in [4.78, 5) is 12.3. The third kappa shape index (κ3) is 5.04. The maximum Gasteiger partial charge on any atom is 0.244 e. The van der Waals surface area contributed by atoms with Crippen molar-refractivity contribution in [3.8, 4) is 5.75 Å². The summed E-state index contributed by atoms with van der Waals surface area (Å²) in [6.45, 7) is 3.26. The highest BCUT2D eigenvalue weighted by atomic mass is 79.9. The Kier molecular flexibility index (Phi) is 6.21. The molecule has 0 aliphatic rings. The third-order valence-corrected chi connectivity index (χ3v) is 5.48. The number of benzene rings is 2. The molecule has 2 aromatic carbocycles. The van der Waals surface area contributed by atoms with Crippen LogP contribution in [0, 0.1) is 6.92 Å². The Morgan fingerprint density at radius 2 is 1.92 bits per heavy atom. The first-order chi connectivity index (χ1) is 11.7. The summed E-state index contributed by atoms with van der Waals surface area (Å²) in [6.07, 6.45) is 0. The van der Waals surface area contributed by atoms with E-state index in [1.165, 1.54) is 20.1 Å². The number of methoxy groups -OCH3 is 1. The second-order valence-corrected chi connectivity index (χ2v) is 8.09. The van der Waals surface area contributed by atoms with Crippen LogP contribution in [-0.2, 0) is 14.8 Å². The molecule has 1 amide bonds. The minimum atomic E-state index is -3.92. The maximum atomic E-state index is 12.6. The van der Waals surface area contributed by atoms with Crippen LogP contribution in [0.2, 0.25) is 0 Å². The predicted octanol–water partition coefficient (Wildman–Crippen LogP) is 3.07. The first kappa shape index (κ1) is 19.4. The first-order valence-electron chi connectivity index (χ1n) is 7.46. The van der Waals surface area contributed by atoms with Crippen LogP contribution in [0.4, 0.5) is 5.69 Å². The number of ether oxygens (including phenoxy) is 1. The van der Waals surface area contributed by atoms with Gasteiger partial charge in [-0.15, -0.1) is 0 Å². The van der Waals surface area contributed by atoms with Crippen molar-refractivity contribution < 1.29 is 17.9 Å². The average molecular weight is 427 g/mol. The monoisotopic (exact) mass is 426 g/mol. The summed E-state index contributed by atoms with van der Waals surface area (Å²) in [7, 11) is -2.52. The van der Waals surface area contributed by atoms with Crippen LogP contribution in [0.3, 0.4) is 0 Å². The molecule has 2 aromatic rings. The van der Waals surface area contributed by atoms with Gasteiger partial charge in [0.1, 0.15) is 10.6 Å². The van der Waals surface area contributed by atoms with Crippen molar-refractivity contribution in [3.63, 3.8) is 0 Å². The molecule has 0 radical (unpaired) electrons. The lowest BCUT2D eigenvalue weighted by Gasteiger charge is -2.16. The van der Waals surface area contributed by atoms with Gasteiger partial charge in [0.2, 0.25) is 15.9 Å². The number of anilines is 1. The molecule has 134 valence electrons. The summed E-state index contributed by atoms with van der Waals surface area (Å²) >= 11 is 3.31. The van der Waals surface area contributed by atoms with Gasteiger partial charge in [0.05, 0.1) is 13.2 Å². The van der Waals surface area contributed by atoms with Gasteiger partial charge >= 0.3 is 0 Å². The van der Waals surface area contributed by atoms with Crippen molar-refractivity contribution in [2.45, 2.75) is 24.8 Å². The van der Waals surface area contributed by atoms with Crippen LogP contribution in [0.5, 0.6) is 5.75 Å². The van der Waals surface area contributed by atoms with E-state index in [1.54, 1.807) is 37.3 Å². The number of rotatable bonds is 6. The Hall–Kier alpha value is -1.90. The van der Waals surface area contributed by atoms with E-state index in [-0.39, 0.29) is 10.6 Å². The topological polar surface area (TPSA) is 84.5 Å². The van der Waals surface area contributed by atoms with E-state index in [2.05, 4.69) is 26.0 Å². The Morgan fingerprint density at radius 3 is 2.56 bits per heavy atom. The fraction of sp³-hybridized carbons (Fsp3) is 0.235. The summed E-state index contributed by atoms with van der Waals surface area (Å²) < 4.78 is 33.5. The Balaban J connectivity index is 2.17. The molecule has 0 aromatic heterocycles. The lowest BCUT2D eigenvalue weighted by atomic mass is 10.2. The van der Waals surface area contributed by atoms with Gasteiger partial charge in [0, 0.05) is 10.2 Å². The molecule has 0 saturated heterocycles. The van der Waals surface area contributed by atoms with Crippen LogP contribution in [-0.4, -0.2) is 27.5 Å². The zero-order valence-electron chi connectivity index (χ0n) is 14.0. The number of carbonyl (C=O) groups excluding carboxylic acids is 1. The molecular weight excluding hydrogens is 408 g/mol. The second-order valence-electron chi connectivity index (χ2n) is 5.50. The fourth-order valence-corrected chi connectivity index (χ4v) is 4.02. The molecule has 0 spiro atoms. The maximum absolute atomic E-state index is 12.6. The minimum absolute atomic E-state index is 0.00268. The van der Waals surface area contributed by atoms with E-state index < -0.39 is 22.0 Å². The van der Waals surface area contributed by atoms with Gasteiger partial charge < -0.3 is 10.1 Å². The summed E-state index contributed by atoms with van der Waals surface area (Å²) in [6, 6.07) is 10.9. The molecule has 0 aliphatic heterocycles. The number of amides is 1. The molecule has 0 saturated carbocycles. The molecule has 0 bridgehead atoms. The van der Waals surface area contributed by atoms with Crippen LogP contribution in [0.1, 0.15) is 12.5 Å². The highest BCUT2D eigenvalue weighted by Gasteiger charge is 2.25. The number of halogens is 1. The smallest absolute Gasteiger partial charge is 0.244 e. The van der Waals surface area contributed by atoms with Gasteiger partial charge in [-0.25, -0.2) is 8.42 Å². The van der Waals surface area contributed by atoms with E-state index in [1.807, 2.05) is 6.07 Å². The highest BCUT2D eigenvalue weighted by molar-refractivity contribution is 9.10. The SMILES string of the molecule is COc1ccc(C)cc1S(=O)(=O)N[C@H](C)C(=O)Nc1cccc(Br)c1. The van der Waals surface area contributed by atoms with Gasteiger partial charge in [-0.2, -0.15) is 4.72 Å². The summed E-state index contributed by atoms with van der Waals surface area (Å²) in [5, 5.41) is 2.67. The van der Waals surface area contributed by atoms with E-state index >= 15 is 0 Å². The highest BCUT2D eigenvalue weighted by Crippen LogP contribution is 2.25. The lowest BCUT2D eigenvalue weighted by molar-refractivity contribution is -0.117. The molecule has 2 rings (SSSR count). The van der Waals surface area contributed by atoms with Gasteiger partial charge in [-0.05, 0) is 49.7 Å². The minimum Gasteiger partial charge on any atom is -0.495 e. The number of aryl methyl sites for hydroxylation is 1. The molecule has 8 heteroatoms. The van der Waals surface area contributed by atoms with Crippen molar-refractivity contribution in [2.24, 2.45) is 0 Å². The van der Waals surface area contributed by atoms with Gasteiger partial charge in [-0.3, -0.25) is 4.79 Å².